The van der Waals surface area contributed by atoms with E-state index in [-0.39, 0.29) is 21.7 Å². The number of rotatable bonds is 0. The van der Waals surface area contributed by atoms with Crippen molar-refractivity contribution in [3.8, 4) is 0 Å². The Balaban J connectivity index is 1.75. The van der Waals surface area contributed by atoms with Crippen LogP contribution in [0.25, 0.3) is 87.8 Å². The SMILES string of the molecule is CC(C)(C)c1cc2oc3cc(C(C)(C)C)c4oc5c(C(C)(C)C)cc6oc7c(C(C)(C)C)cc8oc1c1c2c3c4c5c6c7c81. The Labute approximate surface area is 256 Å². The Hall–Kier alpha value is -3.92. The summed E-state index contributed by atoms with van der Waals surface area (Å²) < 4.78 is 28.1. The molecule has 0 radical (unpaired) electrons. The summed E-state index contributed by atoms with van der Waals surface area (Å²) in [5.74, 6) is 0. The van der Waals surface area contributed by atoms with Gasteiger partial charge < -0.3 is 17.7 Å². The second-order valence-electron chi connectivity index (χ2n) is 17.4. The molecule has 4 nitrogen and oxygen atoms in total. The van der Waals surface area contributed by atoms with Gasteiger partial charge >= 0.3 is 0 Å². The Morgan fingerprint density at radius 3 is 0.818 bits per heavy atom. The molecular formula is C40H40O4. The first-order chi connectivity index (χ1) is 20.4. The normalized spacial score (nSPS) is 14.8. The van der Waals surface area contributed by atoms with E-state index in [1.165, 1.54) is 0 Å². The number of benzene rings is 4. The molecule has 0 aliphatic rings. The van der Waals surface area contributed by atoms with Crippen molar-refractivity contribution in [3.63, 3.8) is 0 Å². The standard InChI is InChI=1S/C40H40O4/c1-37(2,3)17-13-21-25-26-22(41-21)14-19(39(7,8)9)35-31(26)32-28-24(16-20(36(32)44-35)40(10,11)12)43-34-18(38(4,5)6)15-23-27(30(28)34)29(25)33(17)42-23/h13-16H,1-12H3. The summed E-state index contributed by atoms with van der Waals surface area (Å²) in [6.07, 6.45) is 0. The number of hydrogen-bond acceptors (Lipinski definition) is 4. The molecule has 0 aliphatic heterocycles. The number of furan rings is 4. The van der Waals surface area contributed by atoms with Crippen molar-refractivity contribution in [2.24, 2.45) is 0 Å². The predicted octanol–water partition coefficient (Wildman–Crippen LogP) is 12.8. The second-order valence-corrected chi connectivity index (χ2v) is 17.4. The van der Waals surface area contributed by atoms with Crippen molar-refractivity contribution in [2.75, 3.05) is 0 Å². The highest BCUT2D eigenvalue weighted by molar-refractivity contribution is 6.44. The maximum absolute atomic E-state index is 7.14. The third kappa shape index (κ3) is 3.00. The summed E-state index contributed by atoms with van der Waals surface area (Å²) in [7, 11) is 0. The van der Waals surface area contributed by atoms with Gasteiger partial charge in [0.1, 0.15) is 44.7 Å². The van der Waals surface area contributed by atoms with Crippen LogP contribution in [0, 0.1) is 0 Å². The summed E-state index contributed by atoms with van der Waals surface area (Å²) in [6.45, 7) is 27.1. The lowest BCUT2D eigenvalue weighted by Crippen LogP contribution is -2.11. The lowest BCUT2D eigenvalue weighted by Gasteiger charge is -2.20. The minimum atomic E-state index is -0.166. The highest BCUT2D eigenvalue weighted by atomic mass is 16.4. The molecule has 0 amide bonds. The third-order valence-electron chi connectivity index (χ3n) is 10.1. The van der Waals surface area contributed by atoms with Gasteiger partial charge in [-0.2, -0.15) is 0 Å². The molecule has 224 valence electrons. The molecule has 0 N–H and O–H groups in total. The molecule has 0 atom stereocenters. The fourth-order valence-corrected chi connectivity index (χ4v) is 7.92. The van der Waals surface area contributed by atoms with Gasteiger partial charge in [0.2, 0.25) is 0 Å². The predicted molar refractivity (Wildman–Crippen MR) is 184 cm³/mol. The van der Waals surface area contributed by atoms with Gasteiger partial charge in [-0.15, -0.1) is 0 Å². The average molecular weight is 585 g/mol. The zero-order valence-electron chi connectivity index (χ0n) is 27.9. The molecule has 0 saturated heterocycles. The summed E-state index contributed by atoms with van der Waals surface area (Å²) in [5, 5.41) is 8.97. The van der Waals surface area contributed by atoms with E-state index in [0.29, 0.717) is 0 Å². The van der Waals surface area contributed by atoms with Crippen molar-refractivity contribution in [1.29, 1.82) is 0 Å². The molecule has 9 aromatic rings. The lowest BCUT2D eigenvalue weighted by atomic mass is 9.80. The van der Waals surface area contributed by atoms with Gasteiger partial charge in [-0.05, 0) is 45.9 Å². The lowest BCUT2D eigenvalue weighted by molar-refractivity contribution is 0.553. The second kappa shape index (κ2) is 7.30. The van der Waals surface area contributed by atoms with E-state index >= 15 is 0 Å². The first-order valence-electron chi connectivity index (χ1n) is 15.9. The van der Waals surface area contributed by atoms with E-state index in [9.17, 15) is 0 Å². The summed E-state index contributed by atoms with van der Waals surface area (Å²) in [5.41, 5.74) is 11.3. The molecular weight excluding hydrogens is 544 g/mol. The number of hydrogen-bond donors (Lipinski definition) is 0. The maximum Gasteiger partial charge on any atom is 0.140 e. The molecule has 4 heterocycles. The van der Waals surface area contributed by atoms with Gasteiger partial charge in [-0.3, -0.25) is 0 Å². The first kappa shape index (κ1) is 26.5. The monoisotopic (exact) mass is 584 g/mol. The van der Waals surface area contributed by atoms with E-state index in [4.69, 9.17) is 17.7 Å². The van der Waals surface area contributed by atoms with E-state index in [2.05, 4.69) is 107 Å². The van der Waals surface area contributed by atoms with E-state index < -0.39 is 0 Å². The fourth-order valence-electron chi connectivity index (χ4n) is 7.92. The van der Waals surface area contributed by atoms with Crippen molar-refractivity contribution < 1.29 is 17.7 Å². The Kier molecular flexibility index (Phi) is 4.40. The van der Waals surface area contributed by atoms with Crippen molar-refractivity contribution in [3.05, 3.63) is 46.5 Å². The molecule has 0 bridgehead atoms. The van der Waals surface area contributed by atoms with Crippen molar-refractivity contribution in [1.82, 2.24) is 0 Å². The summed E-state index contributed by atoms with van der Waals surface area (Å²) >= 11 is 0. The molecule has 0 saturated carbocycles. The first-order valence-corrected chi connectivity index (χ1v) is 15.9. The fraction of sp³-hybridized carbons (Fsp3) is 0.400. The summed E-state index contributed by atoms with van der Waals surface area (Å²) in [6, 6.07) is 8.92. The third-order valence-corrected chi connectivity index (χ3v) is 10.1. The Bertz CT molecular complexity index is 2610. The minimum absolute atomic E-state index is 0.157. The van der Waals surface area contributed by atoms with E-state index in [0.717, 1.165) is 110 Å². The molecule has 0 fully saturated rings. The average Bonchev–Trinajstić information content (AvgIpc) is 3.60. The molecule has 0 spiro atoms. The van der Waals surface area contributed by atoms with Crippen LogP contribution in [-0.2, 0) is 21.7 Å². The Morgan fingerprint density at radius 1 is 0.295 bits per heavy atom. The summed E-state index contributed by atoms with van der Waals surface area (Å²) in [4.78, 5) is 0. The molecule has 0 aliphatic carbocycles. The molecule has 4 heteroatoms. The van der Waals surface area contributed by atoms with Gasteiger partial charge in [0.25, 0.3) is 0 Å². The van der Waals surface area contributed by atoms with Crippen molar-refractivity contribution >= 4 is 87.8 Å². The molecule has 9 rings (SSSR count). The highest BCUT2D eigenvalue weighted by Gasteiger charge is 2.36. The van der Waals surface area contributed by atoms with Crippen LogP contribution in [0.5, 0.6) is 0 Å². The maximum atomic E-state index is 7.14. The minimum Gasteiger partial charge on any atom is -0.456 e. The van der Waals surface area contributed by atoms with Crippen LogP contribution < -0.4 is 0 Å². The van der Waals surface area contributed by atoms with Crippen LogP contribution in [0.4, 0.5) is 0 Å². The molecule has 0 unspecified atom stereocenters. The smallest absolute Gasteiger partial charge is 0.140 e. The van der Waals surface area contributed by atoms with Crippen LogP contribution in [0.1, 0.15) is 105 Å². The van der Waals surface area contributed by atoms with E-state index in [1.807, 2.05) is 0 Å². The largest absolute Gasteiger partial charge is 0.456 e. The molecule has 4 aromatic heterocycles. The van der Waals surface area contributed by atoms with Gasteiger partial charge in [0, 0.05) is 65.3 Å². The molecule has 44 heavy (non-hydrogen) atoms. The van der Waals surface area contributed by atoms with Gasteiger partial charge in [-0.25, -0.2) is 0 Å². The van der Waals surface area contributed by atoms with Crippen LogP contribution in [-0.4, -0.2) is 0 Å². The van der Waals surface area contributed by atoms with Crippen LogP contribution in [0.3, 0.4) is 0 Å². The topological polar surface area (TPSA) is 52.6 Å². The highest BCUT2D eigenvalue weighted by Crippen LogP contribution is 2.57. The zero-order valence-corrected chi connectivity index (χ0v) is 27.9. The van der Waals surface area contributed by atoms with Crippen LogP contribution in [0.2, 0.25) is 0 Å². The zero-order chi connectivity index (χ0) is 31.2. The quantitative estimate of drug-likeness (QED) is 0.178. The van der Waals surface area contributed by atoms with Crippen LogP contribution >= 0.6 is 0 Å². The Morgan fingerprint density at radius 2 is 0.523 bits per heavy atom. The van der Waals surface area contributed by atoms with Crippen LogP contribution in [0.15, 0.2) is 41.9 Å². The molecule has 5 aromatic carbocycles. The van der Waals surface area contributed by atoms with Gasteiger partial charge in [-0.1, -0.05) is 83.1 Å². The van der Waals surface area contributed by atoms with E-state index in [1.54, 1.807) is 0 Å². The van der Waals surface area contributed by atoms with Gasteiger partial charge in [0.15, 0.2) is 0 Å². The van der Waals surface area contributed by atoms with Gasteiger partial charge in [0.05, 0.1) is 0 Å². The van der Waals surface area contributed by atoms with Crippen molar-refractivity contribution in [2.45, 2.75) is 105 Å².